The lowest BCUT2D eigenvalue weighted by atomic mass is 9.79. The fourth-order valence-corrected chi connectivity index (χ4v) is 4.09. The van der Waals surface area contributed by atoms with Crippen LogP contribution in [0.1, 0.15) is 51.7 Å². The molecule has 1 aliphatic rings. The Morgan fingerprint density at radius 2 is 1.73 bits per heavy atom. The van der Waals surface area contributed by atoms with E-state index in [-0.39, 0.29) is 16.9 Å². The summed E-state index contributed by atoms with van der Waals surface area (Å²) in [6.07, 6.45) is 5.65. The van der Waals surface area contributed by atoms with Gasteiger partial charge in [0.2, 0.25) is 0 Å². The molecule has 4 nitrogen and oxygen atoms in total. The molecule has 5 heteroatoms. The average Bonchev–Trinajstić information content (AvgIpc) is 2.48. The first-order valence-electron chi connectivity index (χ1n) is 9.12. The lowest BCUT2D eigenvalue weighted by Gasteiger charge is -2.49. The summed E-state index contributed by atoms with van der Waals surface area (Å²) in [6, 6.07) is 4.94. The van der Waals surface area contributed by atoms with Crippen LogP contribution in [0.4, 0.5) is 4.39 Å². The van der Waals surface area contributed by atoms with Gasteiger partial charge in [-0.2, -0.15) is 0 Å². The molecule has 1 heterocycles. The molecule has 0 aromatic heterocycles. The summed E-state index contributed by atoms with van der Waals surface area (Å²) in [7, 11) is 2.03. The second-order valence-electron chi connectivity index (χ2n) is 8.74. The van der Waals surface area contributed by atoms with Crippen molar-refractivity contribution in [3.63, 3.8) is 0 Å². The van der Waals surface area contributed by atoms with E-state index < -0.39 is 0 Å². The monoisotopic (exact) mass is 360 g/mol. The molecule has 1 aromatic rings. The van der Waals surface area contributed by atoms with Gasteiger partial charge >= 0.3 is 0 Å². The molecule has 26 heavy (non-hydrogen) atoms. The van der Waals surface area contributed by atoms with Crippen LogP contribution in [0, 0.1) is 12.7 Å². The molecule has 0 radical (unpaired) electrons. The zero-order chi connectivity index (χ0) is 19.7. The molecule has 1 aromatic carbocycles. The number of hydrogen-bond donors (Lipinski definition) is 3. The van der Waals surface area contributed by atoms with Crippen molar-refractivity contribution in [1.82, 2.24) is 10.2 Å². The molecular formula is C21H33FN4. The maximum absolute atomic E-state index is 13.3. The van der Waals surface area contributed by atoms with E-state index in [0.717, 1.165) is 24.0 Å². The number of rotatable bonds is 4. The minimum absolute atomic E-state index is 0.0566. The Hall–Kier alpha value is -2.01. The lowest BCUT2D eigenvalue weighted by Crippen LogP contribution is -2.61. The molecule has 0 aliphatic carbocycles. The van der Waals surface area contributed by atoms with Crippen LogP contribution < -0.4 is 16.8 Å². The Kier molecular flexibility index (Phi) is 5.71. The maximum atomic E-state index is 13.3. The molecule has 0 spiro atoms. The van der Waals surface area contributed by atoms with Crippen molar-refractivity contribution in [1.29, 1.82) is 0 Å². The molecule has 2 rings (SSSR count). The van der Waals surface area contributed by atoms with Crippen LogP contribution in [0.25, 0.3) is 5.70 Å². The van der Waals surface area contributed by atoms with Crippen molar-refractivity contribution < 1.29 is 4.39 Å². The van der Waals surface area contributed by atoms with E-state index in [1.807, 2.05) is 20.0 Å². The normalized spacial score (nSPS) is 20.9. The first kappa shape index (κ1) is 20.3. The summed E-state index contributed by atoms with van der Waals surface area (Å²) < 4.78 is 13.3. The number of nitrogens with zero attached hydrogens (tertiary/aromatic N) is 1. The number of hydrogen-bond acceptors (Lipinski definition) is 4. The molecule has 0 amide bonds. The van der Waals surface area contributed by atoms with Gasteiger partial charge in [0, 0.05) is 35.4 Å². The van der Waals surface area contributed by atoms with Gasteiger partial charge in [0.25, 0.3) is 0 Å². The van der Waals surface area contributed by atoms with Gasteiger partial charge in [-0.15, -0.1) is 0 Å². The van der Waals surface area contributed by atoms with E-state index in [1.54, 1.807) is 12.1 Å². The van der Waals surface area contributed by atoms with Gasteiger partial charge in [0.15, 0.2) is 0 Å². The number of benzene rings is 1. The number of nitrogens with two attached hydrogens (primary N) is 2. The maximum Gasteiger partial charge on any atom is 0.123 e. The highest BCUT2D eigenvalue weighted by atomic mass is 19.1. The number of aryl methyl sites for hydroxylation is 1. The molecule has 0 atom stereocenters. The van der Waals surface area contributed by atoms with Gasteiger partial charge in [0.1, 0.15) is 5.82 Å². The summed E-state index contributed by atoms with van der Waals surface area (Å²) in [5.41, 5.74) is 14.8. The minimum atomic E-state index is -0.259. The Balaban J connectivity index is 2.17. The minimum Gasteiger partial charge on any atom is -0.398 e. The number of piperidine rings is 1. The van der Waals surface area contributed by atoms with Crippen LogP contribution in [0.5, 0.6) is 0 Å². The Labute approximate surface area is 157 Å². The Morgan fingerprint density at radius 1 is 1.15 bits per heavy atom. The molecule has 144 valence electrons. The van der Waals surface area contributed by atoms with Crippen molar-refractivity contribution in [3.8, 4) is 0 Å². The van der Waals surface area contributed by atoms with E-state index in [2.05, 4.69) is 37.9 Å². The highest BCUT2D eigenvalue weighted by molar-refractivity contribution is 5.66. The zero-order valence-corrected chi connectivity index (χ0v) is 16.9. The average molecular weight is 361 g/mol. The van der Waals surface area contributed by atoms with Crippen molar-refractivity contribution in [2.45, 2.75) is 64.6 Å². The SMILES string of the molecule is Cc1cc(F)ccc1/C(N)=C/C=C(\N)N(C)C1CC(C)(C)NC(C)(C)C1. The van der Waals surface area contributed by atoms with Gasteiger partial charge < -0.3 is 21.7 Å². The van der Waals surface area contributed by atoms with Crippen molar-refractivity contribution >= 4 is 5.70 Å². The summed E-state index contributed by atoms with van der Waals surface area (Å²) in [4.78, 5) is 2.13. The van der Waals surface area contributed by atoms with Crippen molar-refractivity contribution in [2.24, 2.45) is 11.5 Å². The predicted molar refractivity (Wildman–Crippen MR) is 108 cm³/mol. The highest BCUT2D eigenvalue weighted by Gasteiger charge is 2.39. The van der Waals surface area contributed by atoms with Crippen LogP contribution in [-0.2, 0) is 0 Å². The lowest BCUT2D eigenvalue weighted by molar-refractivity contribution is 0.0981. The first-order chi connectivity index (χ1) is 11.9. The number of nitrogens with one attached hydrogen (secondary N) is 1. The molecule has 0 unspecified atom stereocenters. The highest BCUT2D eigenvalue weighted by Crippen LogP contribution is 2.31. The van der Waals surface area contributed by atoms with Gasteiger partial charge in [-0.05, 0) is 83.4 Å². The Bertz CT molecular complexity index is 703. The first-order valence-corrected chi connectivity index (χ1v) is 9.12. The Morgan fingerprint density at radius 3 is 2.27 bits per heavy atom. The van der Waals surface area contributed by atoms with Gasteiger partial charge in [-0.3, -0.25) is 0 Å². The van der Waals surface area contributed by atoms with Crippen molar-refractivity contribution in [2.75, 3.05) is 7.05 Å². The van der Waals surface area contributed by atoms with Crippen LogP contribution in [-0.4, -0.2) is 29.1 Å². The summed E-state index contributed by atoms with van der Waals surface area (Å²) in [5, 5.41) is 3.69. The third kappa shape index (κ3) is 5.01. The van der Waals surface area contributed by atoms with Crippen molar-refractivity contribution in [3.05, 3.63) is 53.1 Å². The second kappa shape index (κ2) is 7.31. The van der Waals surface area contributed by atoms with Crippen LogP contribution in [0.15, 0.2) is 36.2 Å². The molecule has 1 saturated heterocycles. The van der Waals surface area contributed by atoms with Crippen LogP contribution >= 0.6 is 0 Å². The summed E-state index contributed by atoms with van der Waals surface area (Å²) in [5.74, 6) is 0.413. The second-order valence-corrected chi connectivity index (χ2v) is 8.74. The van der Waals surface area contributed by atoms with Gasteiger partial charge in [0.05, 0.1) is 5.82 Å². The van der Waals surface area contributed by atoms with E-state index in [9.17, 15) is 4.39 Å². The molecular weight excluding hydrogens is 327 g/mol. The summed E-state index contributed by atoms with van der Waals surface area (Å²) >= 11 is 0. The molecule has 5 N–H and O–H groups in total. The topological polar surface area (TPSA) is 67.3 Å². The standard InChI is InChI=1S/C21H33FN4/c1-14-11-15(22)7-8-17(14)18(23)9-10-19(24)26(6)16-12-20(2,3)25-21(4,5)13-16/h7-11,16,25H,12-13,23-24H2,1-6H3/b18-9-,19-10+. The predicted octanol–water partition coefficient (Wildman–Crippen LogP) is 3.47. The molecule has 1 aliphatic heterocycles. The third-order valence-electron chi connectivity index (χ3n) is 5.06. The molecule has 0 saturated carbocycles. The number of allylic oxidation sites excluding steroid dienone is 2. The fraction of sp³-hybridized carbons (Fsp3) is 0.524. The van der Waals surface area contributed by atoms with E-state index >= 15 is 0 Å². The van der Waals surface area contributed by atoms with Gasteiger partial charge in [-0.1, -0.05) is 0 Å². The zero-order valence-electron chi connectivity index (χ0n) is 16.9. The molecule has 1 fully saturated rings. The molecule has 0 bridgehead atoms. The van der Waals surface area contributed by atoms with E-state index in [0.29, 0.717) is 17.6 Å². The summed E-state index contributed by atoms with van der Waals surface area (Å²) in [6.45, 7) is 10.7. The fourth-order valence-electron chi connectivity index (χ4n) is 4.09. The van der Waals surface area contributed by atoms with Gasteiger partial charge in [-0.25, -0.2) is 4.39 Å². The quantitative estimate of drug-likeness (QED) is 0.719. The smallest absolute Gasteiger partial charge is 0.123 e. The number of halogens is 1. The van der Waals surface area contributed by atoms with Crippen LogP contribution in [0.3, 0.4) is 0 Å². The largest absolute Gasteiger partial charge is 0.398 e. The third-order valence-corrected chi connectivity index (χ3v) is 5.06. The van der Waals surface area contributed by atoms with E-state index in [4.69, 9.17) is 11.5 Å². The van der Waals surface area contributed by atoms with Crippen LogP contribution in [0.2, 0.25) is 0 Å². The van der Waals surface area contributed by atoms with E-state index in [1.165, 1.54) is 12.1 Å².